The van der Waals surface area contributed by atoms with Crippen molar-refractivity contribution in [2.45, 2.75) is 19.4 Å². The van der Waals surface area contributed by atoms with E-state index in [1.807, 2.05) is 20.0 Å². The van der Waals surface area contributed by atoms with E-state index in [0.29, 0.717) is 6.04 Å². The standard InChI is InChI=1S/C8H17NO/c1-4-6-8(9-3)7-10-5-2/h4,8-9H,1,5-7H2,2-3H3. The maximum Gasteiger partial charge on any atom is 0.0622 e. The molecule has 0 spiro atoms. The zero-order valence-corrected chi connectivity index (χ0v) is 6.89. The molecule has 10 heavy (non-hydrogen) atoms. The third-order valence-corrected chi connectivity index (χ3v) is 1.38. The van der Waals surface area contributed by atoms with Crippen LogP contribution in [0.25, 0.3) is 0 Å². The van der Waals surface area contributed by atoms with Crippen LogP contribution in [0.3, 0.4) is 0 Å². The molecule has 0 aliphatic rings. The Morgan fingerprint density at radius 2 is 2.40 bits per heavy atom. The van der Waals surface area contributed by atoms with Gasteiger partial charge < -0.3 is 10.1 Å². The number of ether oxygens (including phenoxy) is 1. The van der Waals surface area contributed by atoms with Gasteiger partial charge in [0.2, 0.25) is 0 Å². The van der Waals surface area contributed by atoms with E-state index >= 15 is 0 Å². The molecule has 0 radical (unpaired) electrons. The van der Waals surface area contributed by atoms with Crippen molar-refractivity contribution in [1.29, 1.82) is 0 Å². The van der Waals surface area contributed by atoms with Gasteiger partial charge in [0.05, 0.1) is 6.61 Å². The molecule has 0 bridgehead atoms. The minimum Gasteiger partial charge on any atom is -0.380 e. The monoisotopic (exact) mass is 143 g/mol. The molecule has 0 aliphatic heterocycles. The molecule has 60 valence electrons. The van der Waals surface area contributed by atoms with Gasteiger partial charge in [-0.15, -0.1) is 6.58 Å². The molecule has 0 rings (SSSR count). The van der Waals surface area contributed by atoms with Gasteiger partial charge in [-0.2, -0.15) is 0 Å². The highest BCUT2D eigenvalue weighted by molar-refractivity contribution is 4.76. The minimum atomic E-state index is 0.428. The van der Waals surface area contributed by atoms with Crippen molar-refractivity contribution < 1.29 is 4.74 Å². The van der Waals surface area contributed by atoms with Crippen LogP contribution < -0.4 is 5.32 Å². The van der Waals surface area contributed by atoms with Crippen LogP contribution in [0.4, 0.5) is 0 Å². The fourth-order valence-electron chi connectivity index (χ4n) is 0.731. The number of likely N-dealkylation sites (N-methyl/N-ethyl adjacent to an activating group) is 1. The molecule has 0 aliphatic carbocycles. The van der Waals surface area contributed by atoms with Gasteiger partial charge >= 0.3 is 0 Å². The fraction of sp³-hybridized carbons (Fsp3) is 0.750. The summed E-state index contributed by atoms with van der Waals surface area (Å²) in [6.45, 7) is 7.23. The van der Waals surface area contributed by atoms with Crippen molar-refractivity contribution in [3.63, 3.8) is 0 Å². The van der Waals surface area contributed by atoms with Gasteiger partial charge in [0.15, 0.2) is 0 Å². The second-order valence-electron chi connectivity index (χ2n) is 2.17. The number of hydrogen-bond acceptors (Lipinski definition) is 2. The topological polar surface area (TPSA) is 21.3 Å². The molecule has 0 aromatic carbocycles. The zero-order chi connectivity index (χ0) is 7.82. The SMILES string of the molecule is C=CCC(COCC)NC. The highest BCUT2D eigenvalue weighted by atomic mass is 16.5. The Morgan fingerprint density at radius 1 is 1.70 bits per heavy atom. The summed E-state index contributed by atoms with van der Waals surface area (Å²) in [7, 11) is 1.94. The molecule has 1 unspecified atom stereocenters. The lowest BCUT2D eigenvalue weighted by Gasteiger charge is -2.12. The van der Waals surface area contributed by atoms with Gasteiger partial charge in [0, 0.05) is 12.6 Å². The molecule has 0 aromatic heterocycles. The van der Waals surface area contributed by atoms with Gasteiger partial charge in [-0.3, -0.25) is 0 Å². The normalized spacial score (nSPS) is 13.0. The first-order valence-corrected chi connectivity index (χ1v) is 3.71. The Labute approximate surface area is 63.3 Å². The van der Waals surface area contributed by atoms with E-state index in [2.05, 4.69) is 11.9 Å². The summed E-state index contributed by atoms with van der Waals surface area (Å²) in [5.74, 6) is 0. The summed E-state index contributed by atoms with van der Waals surface area (Å²) in [6.07, 6.45) is 2.87. The summed E-state index contributed by atoms with van der Waals surface area (Å²) in [4.78, 5) is 0. The molecule has 0 saturated heterocycles. The molecule has 2 heteroatoms. The third-order valence-electron chi connectivity index (χ3n) is 1.38. The third kappa shape index (κ3) is 4.53. The van der Waals surface area contributed by atoms with Crippen LogP contribution in [0.1, 0.15) is 13.3 Å². The highest BCUT2D eigenvalue weighted by Crippen LogP contribution is 1.92. The predicted molar refractivity (Wildman–Crippen MR) is 44.2 cm³/mol. The summed E-state index contributed by atoms with van der Waals surface area (Å²) < 4.78 is 5.23. The number of rotatable bonds is 6. The maximum atomic E-state index is 5.23. The number of nitrogens with one attached hydrogen (secondary N) is 1. The molecule has 0 aromatic rings. The largest absolute Gasteiger partial charge is 0.380 e. The molecule has 0 heterocycles. The van der Waals surface area contributed by atoms with Crippen LogP contribution in [0, 0.1) is 0 Å². The van der Waals surface area contributed by atoms with Crippen molar-refractivity contribution in [2.24, 2.45) is 0 Å². The molecule has 0 amide bonds. The molecular formula is C8H17NO. The van der Waals surface area contributed by atoms with Gasteiger partial charge in [-0.1, -0.05) is 6.08 Å². The first-order chi connectivity index (χ1) is 4.85. The molecule has 1 N–H and O–H groups in total. The first-order valence-electron chi connectivity index (χ1n) is 3.71. The van der Waals surface area contributed by atoms with Crippen molar-refractivity contribution in [1.82, 2.24) is 5.32 Å². The second-order valence-corrected chi connectivity index (χ2v) is 2.17. The van der Waals surface area contributed by atoms with Gasteiger partial charge in [0.25, 0.3) is 0 Å². The average molecular weight is 143 g/mol. The van der Waals surface area contributed by atoms with Crippen LogP contribution in [-0.4, -0.2) is 26.3 Å². The summed E-state index contributed by atoms with van der Waals surface area (Å²) in [6, 6.07) is 0.428. The minimum absolute atomic E-state index is 0.428. The first kappa shape index (κ1) is 9.66. The lowest BCUT2D eigenvalue weighted by molar-refractivity contribution is 0.126. The lowest BCUT2D eigenvalue weighted by Crippen LogP contribution is -2.29. The van der Waals surface area contributed by atoms with E-state index in [4.69, 9.17) is 4.74 Å². The van der Waals surface area contributed by atoms with Crippen LogP contribution >= 0.6 is 0 Å². The smallest absolute Gasteiger partial charge is 0.0622 e. The zero-order valence-electron chi connectivity index (χ0n) is 6.89. The van der Waals surface area contributed by atoms with Crippen molar-refractivity contribution in [3.05, 3.63) is 12.7 Å². The Kier molecular flexibility index (Phi) is 6.55. The van der Waals surface area contributed by atoms with Gasteiger partial charge in [0.1, 0.15) is 0 Å². The molecular weight excluding hydrogens is 126 g/mol. The number of hydrogen-bond donors (Lipinski definition) is 1. The van der Waals surface area contributed by atoms with Gasteiger partial charge in [-0.05, 0) is 20.4 Å². The van der Waals surface area contributed by atoms with Gasteiger partial charge in [-0.25, -0.2) is 0 Å². The Morgan fingerprint density at radius 3 is 2.80 bits per heavy atom. The quantitative estimate of drug-likeness (QED) is 0.564. The average Bonchev–Trinajstić information content (AvgIpc) is 1.98. The van der Waals surface area contributed by atoms with Crippen molar-refractivity contribution in [3.8, 4) is 0 Å². The van der Waals surface area contributed by atoms with Crippen molar-refractivity contribution in [2.75, 3.05) is 20.3 Å². The van der Waals surface area contributed by atoms with Crippen LogP contribution in [-0.2, 0) is 4.74 Å². The Hall–Kier alpha value is -0.340. The molecule has 2 nitrogen and oxygen atoms in total. The van der Waals surface area contributed by atoms with E-state index in [1.54, 1.807) is 0 Å². The summed E-state index contributed by atoms with van der Waals surface area (Å²) in [5.41, 5.74) is 0. The molecule has 0 saturated carbocycles. The van der Waals surface area contributed by atoms with Crippen LogP contribution in [0.5, 0.6) is 0 Å². The Bertz CT molecular complexity index is 83.3. The maximum absolute atomic E-state index is 5.23. The highest BCUT2D eigenvalue weighted by Gasteiger charge is 2.00. The molecule has 1 atom stereocenters. The Balaban J connectivity index is 3.29. The van der Waals surface area contributed by atoms with Crippen LogP contribution in [0.15, 0.2) is 12.7 Å². The van der Waals surface area contributed by atoms with Crippen LogP contribution in [0.2, 0.25) is 0 Å². The summed E-state index contributed by atoms with van der Waals surface area (Å²) in [5, 5.41) is 3.14. The van der Waals surface area contributed by atoms with E-state index < -0.39 is 0 Å². The second kappa shape index (κ2) is 6.78. The van der Waals surface area contributed by atoms with Crippen molar-refractivity contribution >= 4 is 0 Å². The summed E-state index contributed by atoms with van der Waals surface area (Å²) >= 11 is 0. The van der Waals surface area contributed by atoms with E-state index in [0.717, 1.165) is 19.6 Å². The fourth-order valence-corrected chi connectivity index (χ4v) is 0.731. The lowest BCUT2D eigenvalue weighted by atomic mass is 10.2. The van der Waals surface area contributed by atoms with E-state index in [-0.39, 0.29) is 0 Å². The van der Waals surface area contributed by atoms with E-state index in [1.165, 1.54) is 0 Å². The van der Waals surface area contributed by atoms with E-state index in [9.17, 15) is 0 Å². The predicted octanol–water partition coefficient (Wildman–Crippen LogP) is 1.19. The molecule has 0 fully saturated rings.